The fourth-order valence-corrected chi connectivity index (χ4v) is 4.05. The third kappa shape index (κ3) is 4.37. The smallest absolute Gasteiger partial charge is 0.258 e. The van der Waals surface area contributed by atoms with Crippen LogP contribution in [0.4, 0.5) is 4.39 Å². The van der Waals surface area contributed by atoms with Crippen LogP contribution in [0.15, 0.2) is 58.8 Å². The van der Waals surface area contributed by atoms with Gasteiger partial charge >= 0.3 is 0 Å². The zero-order chi connectivity index (χ0) is 22.0. The van der Waals surface area contributed by atoms with Crippen LogP contribution in [-0.4, -0.2) is 26.7 Å². The van der Waals surface area contributed by atoms with Gasteiger partial charge in [0.15, 0.2) is 5.11 Å². The van der Waals surface area contributed by atoms with Crippen molar-refractivity contribution in [2.24, 2.45) is 0 Å². The van der Waals surface area contributed by atoms with E-state index in [1.165, 1.54) is 17.7 Å². The van der Waals surface area contributed by atoms with E-state index in [0.717, 1.165) is 36.2 Å². The average molecular weight is 437 g/mol. The summed E-state index contributed by atoms with van der Waals surface area (Å²) in [5.74, 6) is 0.548. The van der Waals surface area contributed by atoms with Crippen molar-refractivity contribution in [2.45, 2.75) is 39.7 Å². The van der Waals surface area contributed by atoms with Crippen molar-refractivity contribution >= 4 is 22.9 Å². The maximum absolute atomic E-state index is 13.3. The molecule has 0 saturated carbocycles. The number of thiocarbonyl (C=S) groups is 1. The van der Waals surface area contributed by atoms with Crippen molar-refractivity contribution in [3.05, 3.63) is 77.1 Å². The minimum absolute atomic E-state index is 0.201. The minimum atomic E-state index is -0.304. The normalized spacial score (nSPS) is 16.6. The molecular weight excluding hydrogens is 411 g/mol. The van der Waals surface area contributed by atoms with E-state index < -0.39 is 0 Å². The van der Waals surface area contributed by atoms with Gasteiger partial charge < -0.3 is 14.7 Å². The van der Waals surface area contributed by atoms with E-state index in [0.29, 0.717) is 22.4 Å². The number of rotatable bonds is 6. The summed E-state index contributed by atoms with van der Waals surface area (Å²) in [6.45, 7) is 7.07. The molecule has 3 aromatic rings. The van der Waals surface area contributed by atoms with Gasteiger partial charge in [0.05, 0.1) is 11.6 Å². The number of nitrogens with one attached hydrogen (secondary N) is 1. The van der Waals surface area contributed by atoms with E-state index in [1.807, 2.05) is 6.92 Å². The molecule has 0 amide bonds. The summed E-state index contributed by atoms with van der Waals surface area (Å²) in [5.41, 5.74) is 4.85. The molecule has 2 aromatic carbocycles. The van der Waals surface area contributed by atoms with Gasteiger partial charge in [-0.3, -0.25) is 0 Å². The summed E-state index contributed by atoms with van der Waals surface area (Å²) in [4.78, 5) is 6.75. The highest BCUT2D eigenvalue weighted by atomic mass is 32.1. The highest BCUT2D eigenvalue weighted by molar-refractivity contribution is 7.80. The van der Waals surface area contributed by atoms with Crippen LogP contribution in [-0.2, 0) is 0 Å². The molecule has 7 heteroatoms. The van der Waals surface area contributed by atoms with E-state index in [2.05, 4.69) is 58.5 Å². The minimum Gasteiger partial charge on any atom is -0.351 e. The Balaban J connectivity index is 1.78. The summed E-state index contributed by atoms with van der Waals surface area (Å²) >= 11 is 5.70. The number of aromatic nitrogens is 2. The average Bonchev–Trinajstić information content (AvgIpc) is 3.24. The Morgan fingerprint density at radius 3 is 2.48 bits per heavy atom. The second-order valence-corrected chi connectivity index (χ2v) is 8.11. The van der Waals surface area contributed by atoms with Gasteiger partial charge in [-0.05, 0) is 62.3 Å². The largest absolute Gasteiger partial charge is 0.351 e. The molecule has 0 radical (unpaired) electrons. The first kappa shape index (κ1) is 21.2. The van der Waals surface area contributed by atoms with E-state index >= 15 is 0 Å². The van der Waals surface area contributed by atoms with Gasteiger partial charge in [0.25, 0.3) is 5.89 Å². The van der Waals surface area contributed by atoms with Crippen molar-refractivity contribution in [3.8, 4) is 11.4 Å². The second-order valence-electron chi connectivity index (χ2n) is 7.73. The van der Waals surface area contributed by atoms with Crippen molar-refractivity contribution in [2.75, 3.05) is 6.54 Å². The first-order valence-corrected chi connectivity index (χ1v) is 10.8. The Bertz CT molecular complexity index is 1110. The van der Waals surface area contributed by atoms with Gasteiger partial charge in [0, 0.05) is 17.8 Å². The van der Waals surface area contributed by atoms with E-state index in [-0.39, 0.29) is 11.9 Å². The molecule has 0 saturated heterocycles. The molecule has 0 spiro atoms. The van der Waals surface area contributed by atoms with Crippen molar-refractivity contribution in [3.63, 3.8) is 0 Å². The number of allylic oxidation sites excluding steroid dienone is 1. The van der Waals surface area contributed by atoms with Crippen LogP contribution >= 0.6 is 12.2 Å². The Morgan fingerprint density at radius 1 is 1.10 bits per heavy atom. The van der Waals surface area contributed by atoms with Crippen molar-refractivity contribution < 1.29 is 8.91 Å². The van der Waals surface area contributed by atoms with Gasteiger partial charge in [0.1, 0.15) is 5.82 Å². The number of hydrogen-bond acceptors (Lipinski definition) is 4. The van der Waals surface area contributed by atoms with Gasteiger partial charge in [0.2, 0.25) is 5.82 Å². The number of halogens is 1. The number of nitrogens with zero attached hydrogens (tertiary/aromatic N) is 3. The summed E-state index contributed by atoms with van der Waals surface area (Å²) in [7, 11) is 0. The number of hydrogen-bond donors (Lipinski definition) is 1. The highest BCUT2D eigenvalue weighted by Gasteiger charge is 2.33. The SMILES string of the molecule is CCCCN1C(=S)NC(c2ccc(C)cc2)C(c2nc(-c3ccc(F)cc3)no2)=C1C. The van der Waals surface area contributed by atoms with Crippen LogP contribution in [0.5, 0.6) is 0 Å². The lowest BCUT2D eigenvalue weighted by molar-refractivity contribution is 0.395. The molecule has 0 fully saturated rings. The molecule has 5 nitrogen and oxygen atoms in total. The Labute approximate surface area is 187 Å². The van der Waals surface area contributed by atoms with E-state index in [4.69, 9.17) is 16.7 Å². The van der Waals surface area contributed by atoms with Crippen LogP contribution < -0.4 is 5.32 Å². The fourth-order valence-electron chi connectivity index (χ4n) is 3.70. The maximum Gasteiger partial charge on any atom is 0.258 e. The Morgan fingerprint density at radius 2 is 1.81 bits per heavy atom. The quantitative estimate of drug-likeness (QED) is 0.504. The third-order valence-electron chi connectivity index (χ3n) is 5.50. The predicted molar refractivity (Wildman–Crippen MR) is 124 cm³/mol. The number of aryl methyl sites for hydroxylation is 1. The lowest BCUT2D eigenvalue weighted by Gasteiger charge is -2.37. The maximum atomic E-state index is 13.3. The Kier molecular flexibility index (Phi) is 6.13. The summed E-state index contributed by atoms with van der Waals surface area (Å²) < 4.78 is 19.0. The Hall–Kier alpha value is -3.06. The molecule has 2 heterocycles. The molecule has 0 bridgehead atoms. The molecule has 1 N–H and O–H groups in total. The fraction of sp³-hybridized carbons (Fsp3) is 0.292. The molecular formula is C24H25FN4OS. The van der Waals surface area contributed by atoms with Gasteiger partial charge in [-0.1, -0.05) is 48.3 Å². The zero-order valence-electron chi connectivity index (χ0n) is 17.9. The molecule has 1 aliphatic heterocycles. The van der Waals surface area contributed by atoms with E-state index in [1.54, 1.807) is 12.1 Å². The topological polar surface area (TPSA) is 54.2 Å². The van der Waals surface area contributed by atoms with Crippen LogP contribution in [0.2, 0.25) is 0 Å². The number of unbranched alkanes of at least 4 members (excludes halogenated alkanes) is 1. The van der Waals surface area contributed by atoms with Crippen LogP contribution in [0, 0.1) is 12.7 Å². The molecule has 1 atom stereocenters. The van der Waals surface area contributed by atoms with Crippen molar-refractivity contribution in [1.29, 1.82) is 0 Å². The first-order chi connectivity index (χ1) is 15.0. The van der Waals surface area contributed by atoms with Crippen LogP contribution in [0.25, 0.3) is 17.0 Å². The first-order valence-electron chi connectivity index (χ1n) is 10.4. The monoisotopic (exact) mass is 436 g/mol. The van der Waals surface area contributed by atoms with Gasteiger partial charge in [-0.2, -0.15) is 4.98 Å². The predicted octanol–water partition coefficient (Wildman–Crippen LogP) is 5.65. The van der Waals surface area contributed by atoms with Crippen molar-refractivity contribution in [1.82, 2.24) is 20.4 Å². The lowest BCUT2D eigenvalue weighted by atomic mass is 9.94. The number of benzene rings is 2. The summed E-state index contributed by atoms with van der Waals surface area (Å²) in [5, 5.41) is 8.31. The van der Waals surface area contributed by atoms with E-state index in [9.17, 15) is 4.39 Å². The highest BCUT2D eigenvalue weighted by Crippen LogP contribution is 2.37. The molecule has 160 valence electrons. The lowest BCUT2D eigenvalue weighted by Crippen LogP contribution is -2.46. The molecule has 1 aliphatic rings. The standard InChI is InChI=1S/C24H25FN4OS/c1-4-5-14-29-16(3)20(21(26-24(29)31)17-8-6-15(2)7-9-17)23-27-22(28-30-23)18-10-12-19(25)13-11-18/h6-13,21H,4-5,14H2,1-3H3,(H,26,31). The van der Waals surface area contributed by atoms with Gasteiger partial charge in [-0.15, -0.1) is 0 Å². The molecule has 1 aromatic heterocycles. The van der Waals surface area contributed by atoms with Crippen LogP contribution in [0.1, 0.15) is 49.7 Å². The summed E-state index contributed by atoms with van der Waals surface area (Å²) in [6, 6.07) is 14.2. The third-order valence-corrected chi connectivity index (χ3v) is 5.84. The molecule has 1 unspecified atom stereocenters. The summed E-state index contributed by atoms with van der Waals surface area (Å²) in [6.07, 6.45) is 2.09. The molecule has 0 aliphatic carbocycles. The molecule has 4 rings (SSSR count). The van der Waals surface area contributed by atoms with Gasteiger partial charge in [-0.25, -0.2) is 4.39 Å². The van der Waals surface area contributed by atoms with Crippen LogP contribution in [0.3, 0.4) is 0 Å². The molecule has 31 heavy (non-hydrogen) atoms. The second kappa shape index (κ2) is 8.98. The zero-order valence-corrected chi connectivity index (χ0v) is 18.7.